The molecule has 0 spiro atoms. The molecule has 0 bridgehead atoms. The highest BCUT2D eigenvalue weighted by atomic mass is 32.2. The maximum absolute atomic E-state index is 13.7. The molecule has 1 heterocycles. The number of carboxylic acid groups (broad SMARTS) is 1. The summed E-state index contributed by atoms with van der Waals surface area (Å²) in [5.41, 5.74) is 1.58. The lowest BCUT2D eigenvalue weighted by atomic mass is 9.99. The van der Waals surface area contributed by atoms with E-state index in [-0.39, 0.29) is 46.2 Å². The maximum Gasteiger partial charge on any atom is 0.335 e. The van der Waals surface area contributed by atoms with Gasteiger partial charge in [0.05, 0.1) is 28.7 Å². The molecule has 1 amide bonds. The zero-order chi connectivity index (χ0) is 29.7. The van der Waals surface area contributed by atoms with Gasteiger partial charge in [-0.2, -0.15) is 0 Å². The van der Waals surface area contributed by atoms with Crippen molar-refractivity contribution in [1.29, 1.82) is 0 Å². The lowest BCUT2D eigenvalue weighted by Gasteiger charge is -2.38. The van der Waals surface area contributed by atoms with E-state index in [0.717, 1.165) is 5.56 Å². The van der Waals surface area contributed by atoms with E-state index in [0.29, 0.717) is 25.4 Å². The van der Waals surface area contributed by atoms with Crippen molar-refractivity contribution in [3.63, 3.8) is 0 Å². The summed E-state index contributed by atoms with van der Waals surface area (Å²) in [6.07, 6.45) is -0.342. The number of ether oxygens (including phenoxy) is 1. The van der Waals surface area contributed by atoms with Gasteiger partial charge in [-0.25, -0.2) is 13.2 Å². The first-order chi connectivity index (χ1) is 19.5. The Bertz CT molecular complexity index is 1480. The molecular formula is C30H35N3O7S. The number of anilines is 1. The van der Waals surface area contributed by atoms with E-state index >= 15 is 0 Å². The summed E-state index contributed by atoms with van der Waals surface area (Å²) in [5, 5.41) is 19.1. The number of hydrogen-bond acceptors (Lipinski definition) is 7. The Morgan fingerprint density at radius 3 is 2.44 bits per heavy atom. The van der Waals surface area contributed by atoms with Crippen molar-refractivity contribution in [2.75, 3.05) is 31.5 Å². The monoisotopic (exact) mass is 581 g/mol. The highest BCUT2D eigenvalue weighted by Crippen LogP contribution is 2.31. The first-order valence-electron chi connectivity index (χ1n) is 13.3. The van der Waals surface area contributed by atoms with Crippen molar-refractivity contribution >= 4 is 27.6 Å². The van der Waals surface area contributed by atoms with Crippen LogP contribution >= 0.6 is 0 Å². The van der Waals surface area contributed by atoms with Crippen molar-refractivity contribution < 1.29 is 33.0 Å². The second kappa shape index (κ2) is 12.7. The summed E-state index contributed by atoms with van der Waals surface area (Å²) < 4.78 is 34.8. The topological polar surface area (TPSA) is 136 Å². The summed E-state index contributed by atoms with van der Waals surface area (Å²) in [6.45, 7) is 4.89. The van der Waals surface area contributed by atoms with Gasteiger partial charge in [0.2, 0.25) is 0 Å². The summed E-state index contributed by atoms with van der Waals surface area (Å²) in [6, 6.07) is 18.8. The first-order valence-corrected chi connectivity index (χ1v) is 14.8. The van der Waals surface area contributed by atoms with Crippen LogP contribution in [-0.2, 0) is 16.6 Å². The lowest BCUT2D eigenvalue weighted by molar-refractivity contribution is 0.0341. The average molecular weight is 582 g/mol. The number of aliphatic hydroxyl groups excluding tert-OH is 1. The summed E-state index contributed by atoms with van der Waals surface area (Å²) in [5.74, 6) is -1.12. The van der Waals surface area contributed by atoms with E-state index in [1.165, 1.54) is 18.2 Å². The van der Waals surface area contributed by atoms with E-state index in [4.69, 9.17) is 9.84 Å². The van der Waals surface area contributed by atoms with Gasteiger partial charge in [0.15, 0.2) is 0 Å². The molecule has 0 unspecified atom stereocenters. The number of nitrogens with zero attached hydrogens (tertiary/aromatic N) is 2. The number of carbonyl (C=O) groups is 2. The number of aromatic carboxylic acids is 1. The molecule has 10 nitrogen and oxygen atoms in total. The van der Waals surface area contributed by atoms with Gasteiger partial charge in [0.1, 0.15) is 11.9 Å². The quantitative estimate of drug-likeness (QED) is 0.331. The van der Waals surface area contributed by atoms with Gasteiger partial charge in [-0.1, -0.05) is 37.3 Å². The van der Waals surface area contributed by atoms with E-state index in [2.05, 4.69) is 9.62 Å². The maximum atomic E-state index is 13.7. The number of sulfonamides is 1. The lowest BCUT2D eigenvalue weighted by Crippen LogP contribution is -2.49. The van der Waals surface area contributed by atoms with E-state index in [1.807, 2.05) is 14.0 Å². The largest absolute Gasteiger partial charge is 0.488 e. The molecule has 11 heteroatoms. The van der Waals surface area contributed by atoms with Crippen LogP contribution in [0.1, 0.15) is 40.1 Å². The number of nitrogens with one attached hydrogen (secondary N) is 1. The molecule has 3 atom stereocenters. The number of fused-ring (bicyclic) bond motifs is 1. The van der Waals surface area contributed by atoms with Crippen molar-refractivity contribution in [3.05, 3.63) is 89.5 Å². The van der Waals surface area contributed by atoms with Gasteiger partial charge in [0, 0.05) is 31.2 Å². The highest BCUT2D eigenvalue weighted by molar-refractivity contribution is 7.92. The zero-order valence-electron chi connectivity index (χ0n) is 23.2. The van der Waals surface area contributed by atoms with E-state index in [1.54, 1.807) is 66.4 Å². The van der Waals surface area contributed by atoms with Crippen LogP contribution in [0.25, 0.3) is 0 Å². The second-order valence-electron chi connectivity index (χ2n) is 10.5. The third-order valence-electron chi connectivity index (χ3n) is 7.12. The molecule has 0 saturated carbocycles. The molecule has 3 N–H and O–H groups in total. The van der Waals surface area contributed by atoms with Crippen LogP contribution in [0.4, 0.5) is 5.69 Å². The number of hydrogen-bond donors (Lipinski definition) is 3. The zero-order valence-corrected chi connectivity index (χ0v) is 24.0. The Labute approximate surface area is 240 Å². The minimum absolute atomic E-state index is 0.0966. The molecule has 3 aromatic rings. The molecule has 0 aromatic heterocycles. The van der Waals surface area contributed by atoms with Gasteiger partial charge < -0.3 is 19.8 Å². The second-order valence-corrected chi connectivity index (χ2v) is 12.1. The molecule has 41 heavy (non-hydrogen) atoms. The fourth-order valence-electron chi connectivity index (χ4n) is 4.75. The summed E-state index contributed by atoms with van der Waals surface area (Å²) >= 11 is 0. The third kappa shape index (κ3) is 7.24. The van der Waals surface area contributed by atoms with E-state index in [9.17, 15) is 23.1 Å². The number of amides is 1. The number of benzene rings is 3. The van der Waals surface area contributed by atoms with Gasteiger partial charge >= 0.3 is 5.97 Å². The van der Waals surface area contributed by atoms with Crippen LogP contribution in [0.2, 0.25) is 0 Å². The predicted octanol–water partition coefficient (Wildman–Crippen LogP) is 3.54. The Morgan fingerprint density at radius 1 is 1.12 bits per heavy atom. The van der Waals surface area contributed by atoms with Crippen LogP contribution in [0.15, 0.2) is 77.7 Å². The molecule has 4 rings (SSSR count). The molecule has 0 saturated heterocycles. The van der Waals surface area contributed by atoms with Gasteiger partial charge in [-0.15, -0.1) is 0 Å². The van der Waals surface area contributed by atoms with Crippen molar-refractivity contribution in [2.45, 2.75) is 37.4 Å². The van der Waals surface area contributed by atoms with Gasteiger partial charge in [-0.05, 0) is 62.0 Å². The molecular weight excluding hydrogens is 546 g/mol. The average Bonchev–Trinajstić information content (AvgIpc) is 2.95. The minimum Gasteiger partial charge on any atom is -0.488 e. The Kier molecular flexibility index (Phi) is 9.31. The van der Waals surface area contributed by atoms with Gasteiger partial charge in [0.25, 0.3) is 15.9 Å². The number of aliphatic hydroxyl groups is 1. The molecule has 0 fully saturated rings. The number of likely N-dealkylation sites (N-methyl/N-ethyl adjacent to an activating group) is 1. The van der Waals surface area contributed by atoms with Crippen molar-refractivity contribution in [1.82, 2.24) is 9.80 Å². The fraction of sp³-hybridized carbons (Fsp3) is 0.333. The molecule has 218 valence electrons. The summed E-state index contributed by atoms with van der Waals surface area (Å²) in [4.78, 5) is 28.6. The van der Waals surface area contributed by atoms with E-state index < -0.39 is 22.0 Å². The molecule has 0 radical (unpaired) electrons. The SMILES string of the molecule is C[C@H]1CN([C@@H](C)CO)C(=O)c2cc(NS(=O)(=O)c3ccccc3)ccc2O[C@@H]1CN(C)Cc1ccc(C(=O)O)cc1. The Morgan fingerprint density at radius 2 is 1.80 bits per heavy atom. The molecule has 1 aliphatic heterocycles. The smallest absolute Gasteiger partial charge is 0.335 e. The standard InChI is InChI=1S/C30H35N3O7S/c1-20-16-33(21(2)19-34)29(35)26-15-24(31-41(38,39)25-7-5-4-6-8-25)13-14-27(26)40-28(20)18-32(3)17-22-9-11-23(12-10-22)30(36)37/h4-15,20-21,28,31,34H,16-19H2,1-3H3,(H,36,37)/t20-,21-,28+/m0/s1. The number of carbonyl (C=O) groups excluding carboxylic acids is 1. The van der Waals surface area contributed by atoms with Crippen molar-refractivity contribution in [2.24, 2.45) is 5.92 Å². The Balaban J connectivity index is 1.60. The van der Waals surface area contributed by atoms with Crippen LogP contribution in [-0.4, -0.2) is 79.2 Å². The normalized spacial score (nSPS) is 18.2. The minimum atomic E-state index is -3.88. The molecule has 0 aliphatic carbocycles. The first kappa shape index (κ1) is 30.0. The van der Waals surface area contributed by atoms with Crippen molar-refractivity contribution in [3.8, 4) is 5.75 Å². The van der Waals surface area contributed by atoms with Crippen LogP contribution in [0.3, 0.4) is 0 Å². The fourth-order valence-corrected chi connectivity index (χ4v) is 5.82. The number of carboxylic acids is 1. The summed E-state index contributed by atoms with van der Waals surface area (Å²) in [7, 11) is -1.94. The predicted molar refractivity (Wildman–Crippen MR) is 155 cm³/mol. The van der Waals surface area contributed by atoms with Crippen LogP contribution in [0.5, 0.6) is 5.75 Å². The van der Waals surface area contributed by atoms with Crippen LogP contribution < -0.4 is 9.46 Å². The molecule has 1 aliphatic rings. The third-order valence-corrected chi connectivity index (χ3v) is 8.51. The van der Waals surface area contributed by atoms with Gasteiger partial charge in [-0.3, -0.25) is 14.4 Å². The highest BCUT2D eigenvalue weighted by Gasteiger charge is 2.33. The number of rotatable bonds is 10. The molecule has 3 aromatic carbocycles. The van der Waals surface area contributed by atoms with Crippen LogP contribution in [0, 0.1) is 5.92 Å². The Hall–Kier alpha value is -3.93.